The Bertz CT molecular complexity index is 1560. The molecule has 39 heavy (non-hydrogen) atoms. The van der Waals surface area contributed by atoms with Crippen molar-refractivity contribution in [2.45, 2.75) is 59.3 Å². The van der Waals surface area contributed by atoms with E-state index in [2.05, 4.69) is 82.4 Å². The molecule has 0 saturated carbocycles. The van der Waals surface area contributed by atoms with E-state index in [-0.39, 0.29) is 0 Å². The highest BCUT2D eigenvalue weighted by atomic mass is 16.5. The van der Waals surface area contributed by atoms with E-state index >= 15 is 0 Å². The van der Waals surface area contributed by atoms with Crippen LogP contribution in [0.15, 0.2) is 60.7 Å². The van der Waals surface area contributed by atoms with Crippen molar-refractivity contribution in [1.82, 2.24) is 14.8 Å². The van der Waals surface area contributed by atoms with Gasteiger partial charge in [-0.1, -0.05) is 54.6 Å². The zero-order valence-electron chi connectivity index (χ0n) is 23.0. The van der Waals surface area contributed by atoms with Gasteiger partial charge >= 0.3 is 0 Å². The quantitative estimate of drug-likeness (QED) is 0.216. The van der Waals surface area contributed by atoms with Crippen molar-refractivity contribution in [3.05, 3.63) is 83.3 Å². The first-order valence-corrected chi connectivity index (χ1v) is 14.2. The Kier molecular flexibility index (Phi) is 7.66. The Morgan fingerprint density at radius 2 is 1.85 bits per heavy atom. The molecule has 0 radical (unpaired) electrons. The van der Waals surface area contributed by atoms with Crippen LogP contribution >= 0.6 is 0 Å². The summed E-state index contributed by atoms with van der Waals surface area (Å²) in [4.78, 5) is 0. The molecule has 1 aliphatic rings. The summed E-state index contributed by atoms with van der Waals surface area (Å²) in [7, 11) is 0. The number of ether oxygens (including phenoxy) is 3. The number of aromatic amines is 1. The van der Waals surface area contributed by atoms with Gasteiger partial charge in [0.2, 0.25) is 0 Å². The lowest BCUT2D eigenvalue weighted by atomic mass is 9.98. The zero-order valence-corrected chi connectivity index (χ0v) is 23.0. The number of benzene rings is 3. The van der Waals surface area contributed by atoms with Gasteiger partial charge in [-0.25, -0.2) is 0 Å². The van der Waals surface area contributed by atoms with Gasteiger partial charge < -0.3 is 18.8 Å². The minimum atomic E-state index is 0.483. The second-order valence-corrected chi connectivity index (χ2v) is 10.3. The normalized spacial score (nSPS) is 13.9. The van der Waals surface area contributed by atoms with Crippen LogP contribution in [0, 0.1) is 6.92 Å². The molecule has 6 rings (SSSR count). The van der Waals surface area contributed by atoms with Crippen molar-refractivity contribution in [3.63, 3.8) is 0 Å². The van der Waals surface area contributed by atoms with Gasteiger partial charge in [0.05, 0.1) is 36.7 Å². The molecule has 1 N–H and O–H groups in total. The van der Waals surface area contributed by atoms with Gasteiger partial charge in [-0.3, -0.25) is 5.10 Å². The number of aromatic nitrogens is 3. The van der Waals surface area contributed by atoms with Gasteiger partial charge in [-0.05, 0) is 56.5 Å². The lowest BCUT2D eigenvalue weighted by Crippen LogP contribution is -2.04. The van der Waals surface area contributed by atoms with Gasteiger partial charge in [0.15, 0.2) is 0 Å². The standard InChI is InChI=1S/C33H37N3O3/c1-3-37-21-29-32-28-15-9-14-27-25(16-10-20-39-31-17-8-12-24-11-4-5-13-26(24)31)23(2)36(33(27)28)18-6-7-19-38-22-30(32)35-34-29/h4-5,8-9,11-15,17H,3,6-7,10,16,18-22H2,1-2H3,(H,34,35). The SMILES string of the molecule is CCOCc1n[nH]c2c1-c1cccc3c(CCCOc4cccc5ccccc45)c(C)n(c13)CCCCOC2. The van der Waals surface area contributed by atoms with Crippen LogP contribution < -0.4 is 4.74 Å². The van der Waals surface area contributed by atoms with Crippen LogP contribution in [0.2, 0.25) is 0 Å². The molecule has 0 spiro atoms. The second-order valence-electron chi connectivity index (χ2n) is 10.3. The third-order valence-corrected chi connectivity index (χ3v) is 7.85. The highest BCUT2D eigenvalue weighted by Crippen LogP contribution is 2.38. The molecular formula is C33H37N3O3. The average Bonchev–Trinajstić information content (AvgIpc) is 3.48. The maximum Gasteiger partial charge on any atom is 0.127 e. The van der Waals surface area contributed by atoms with Gasteiger partial charge in [0, 0.05) is 47.4 Å². The molecule has 2 aromatic heterocycles. The van der Waals surface area contributed by atoms with E-state index in [1.54, 1.807) is 0 Å². The van der Waals surface area contributed by atoms with E-state index < -0.39 is 0 Å². The predicted octanol–water partition coefficient (Wildman–Crippen LogP) is 7.35. The van der Waals surface area contributed by atoms with Gasteiger partial charge in [-0.15, -0.1) is 0 Å². The molecule has 0 saturated heterocycles. The Morgan fingerprint density at radius 1 is 1.00 bits per heavy atom. The van der Waals surface area contributed by atoms with E-state index in [1.807, 2.05) is 6.92 Å². The highest BCUT2D eigenvalue weighted by Gasteiger charge is 2.23. The summed E-state index contributed by atoms with van der Waals surface area (Å²) in [5.74, 6) is 0.959. The third kappa shape index (κ3) is 5.07. The molecule has 0 amide bonds. The van der Waals surface area contributed by atoms with E-state index in [1.165, 1.54) is 38.5 Å². The summed E-state index contributed by atoms with van der Waals surface area (Å²) in [6.07, 6.45) is 4.04. The molecule has 6 nitrogen and oxygen atoms in total. The number of fused-ring (bicyclic) bond motifs is 3. The molecule has 0 aliphatic carbocycles. The number of rotatable bonds is 8. The average molecular weight is 524 g/mol. The lowest BCUT2D eigenvalue weighted by molar-refractivity contribution is 0.114. The Labute approximate surface area is 229 Å². The van der Waals surface area contributed by atoms with Crippen molar-refractivity contribution in [2.75, 3.05) is 19.8 Å². The van der Waals surface area contributed by atoms with Crippen molar-refractivity contribution >= 4 is 21.7 Å². The van der Waals surface area contributed by atoms with Crippen LogP contribution in [-0.4, -0.2) is 34.6 Å². The molecule has 0 bridgehead atoms. The van der Waals surface area contributed by atoms with E-state index in [0.29, 0.717) is 26.4 Å². The van der Waals surface area contributed by atoms with E-state index in [9.17, 15) is 0 Å². The molecule has 0 atom stereocenters. The zero-order chi connectivity index (χ0) is 26.6. The Hall–Kier alpha value is -3.61. The van der Waals surface area contributed by atoms with Crippen LogP contribution in [0.1, 0.15) is 48.8 Å². The number of H-pyrrole nitrogens is 1. The topological polar surface area (TPSA) is 61.3 Å². The lowest BCUT2D eigenvalue weighted by Gasteiger charge is -2.12. The number of nitrogens with one attached hydrogen (secondary N) is 1. The van der Waals surface area contributed by atoms with Crippen molar-refractivity contribution < 1.29 is 14.2 Å². The van der Waals surface area contributed by atoms with Crippen LogP contribution in [0.4, 0.5) is 0 Å². The maximum absolute atomic E-state index is 6.29. The molecular weight excluding hydrogens is 486 g/mol. The van der Waals surface area contributed by atoms with Gasteiger partial charge in [0.25, 0.3) is 0 Å². The Morgan fingerprint density at radius 3 is 2.77 bits per heavy atom. The first kappa shape index (κ1) is 25.7. The summed E-state index contributed by atoms with van der Waals surface area (Å²) in [6, 6.07) is 21.4. The fourth-order valence-electron chi connectivity index (χ4n) is 5.95. The maximum atomic E-state index is 6.29. The minimum absolute atomic E-state index is 0.483. The Balaban J connectivity index is 1.33. The summed E-state index contributed by atoms with van der Waals surface area (Å²) in [5, 5.41) is 11.6. The minimum Gasteiger partial charge on any atom is -0.493 e. The fourth-order valence-corrected chi connectivity index (χ4v) is 5.95. The number of nitrogens with zero attached hydrogens (tertiary/aromatic N) is 2. The van der Waals surface area contributed by atoms with Crippen molar-refractivity contribution in [1.29, 1.82) is 0 Å². The largest absolute Gasteiger partial charge is 0.493 e. The van der Waals surface area contributed by atoms with Crippen LogP contribution in [0.25, 0.3) is 32.8 Å². The highest BCUT2D eigenvalue weighted by molar-refractivity contribution is 5.98. The summed E-state index contributed by atoms with van der Waals surface area (Å²) in [5.41, 5.74) is 8.35. The molecule has 6 heteroatoms. The van der Waals surface area contributed by atoms with Crippen LogP contribution in [-0.2, 0) is 35.7 Å². The van der Waals surface area contributed by atoms with Gasteiger partial charge in [-0.2, -0.15) is 5.10 Å². The van der Waals surface area contributed by atoms with Crippen LogP contribution in [0.5, 0.6) is 5.75 Å². The van der Waals surface area contributed by atoms with E-state index in [0.717, 1.165) is 61.5 Å². The monoisotopic (exact) mass is 523 g/mol. The molecule has 0 fully saturated rings. The first-order valence-electron chi connectivity index (χ1n) is 14.2. The third-order valence-electron chi connectivity index (χ3n) is 7.85. The molecule has 202 valence electrons. The molecule has 5 aromatic rings. The number of hydrogen-bond acceptors (Lipinski definition) is 4. The summed E-state index contributed by atoms with van der Waals surface area (Å²) < 4.78 is 20.6. The number of hydrogen-bond donors (Lipinski definition) is 1. The second kappa shape index (κ2) is 11.6. The fraction of sp³-hybridized carbons (Fsp3) is 0.364. The summed E-state index contributed by atoms with van der Waals surface area (Å²) in [6.45, 7) is 8.37. The molecule has 1 aliphatic heterocycles. The predicted molar refractivity (Wildman–Crippen MR) is 156 cm³/mol. The van der Waals surface area contributed by atoms with Crippen LogP contribution in [0.3, 0.4) is 0 Å². The smallest absolute Gasteiger partial charge is 0.127 e. The van der Waals surface area contributed by atoms with E-state index in [4.69, 9.17) is 14.2 Å². The van der Waals surface area contributed by atoms with Gasteiger partial charge in [0.1, 0.15) is 5.75 Å². The molecule has 3 heterocycles. The number of para-hydroxylation sites is 1. The first-order chi connectivity index (χ1) is 19.3. The molecule has 3 aromatic carbocycles. The van der Waals surface area contributed by atoms with Crippen molar-refractivity contribution in [3.8, 4) is 16.9 Å². The number of aryl methyl sites for hydroxylation is 2. The molecule has 0 unspecified atom stereocenters. The summed E-state index contributed by atoms with van der Waals surface area (Å²) >= 11 is 0. The van der Waals surface area contributed by atoms with Crippen molar-refractivity contribution in [2.24, 2.45) is 0 Å².